The molecule has 0 unspecified atom stereocenters. The lowest BCUT2D eigenvalue weighted by atomic mass is 10.0. The Morgan fingerprint density at radius 2 is 1.90 bits per heavy atom. The highest BCUT2D eigenvalue weighted by Gasteiger charge is 2.27. The van der Waals surface area contributed by atoms with Crippen LogP contribution >= 0.6 is 0 Å². The van der Waals surface area contributed by atoms with Crippen LogP contribution < -0.4 is 10.5 Å². The van der Waals surface area contributed by atoms with Gasteiger partial charge in [0, 0.05) is 58.1 Å². The fourth-order valence-electron chi connectivity index (χ4n) is 4.25. The Bertz CT molecular complexity index is 1080. The summed E-state index contributed by atoms with van der Waals surface area (Å²) in [6.07, 6.45) is 6.28. The molecule has 3 aromatic rings. The summed E-state index contributed by atoms with van der Waals surface area (Å²) in [5, 5.41) is 0.693. The standard InChI is InChI=1S/C23H28N4O2.H2/c1-4-16-5-7-18(8-6-16)27-13-10-17(11-14-27)26(3)22(28)20-15-25(2)23(29)21-19(20)9-12-24-21;/h5-9,12,15,17,24H,4,10-11,13-14H2,1-3H3;1H. The minimum Gasteiger partial charge on any atom is -0.371 e. The topological polar surface area (TPSA) is 61.3 Å². The summed E-state index contributed by atoms with van der Waals surface area (Å²) in [6.45, 7) is 4.03. The molecule has 29 heavy (non-hydrogen) atoms. The van der Waals surface area contributed by atoms with Crippen LogP contribution in [0.2, 0.25) is 0 Å². The van der Waals surface area contributed by atoms with Gasteiger partial charge < -0.3 is 19.4 Å². The van der Waals surface area contributed by atoms with Crippen molar-refractivity contribution in [3.63, 3.8) is 0 Å². The van der Waals surface area contributed by atoms with Crippen molar-refractivity contribution in [3.05, 3.63) is 64.2 Å². The average Bonchev–Trinajstić information content (AvgIpc) is 3.26. The molecule has 1 aliphatic rings. The van der Waals surface area contributed by atoms with Crippen molar-refractivity contribution in [1.82, 2.24) is 14.5 Å². The Labute approximate surface area is 172 Å². The summed E-state index contributed by atoms with van der Waals surface area (Å²) in [5.74, 6) is -0.0315. The molecule has 1 N–H and O–H groups in total. The SMILES string of the molecule is CCc1ccc(N2CCC(N(C)C(=O)c3cn(C)c(=O)c4[nH]ccc34)CC2)cc1.[HH]. The van der Waals surface area contributed by atoms with E-state index >= 15 is 0 Å². The summed E-state index contributed by atoms with van der Waals surface area (Å²) in [4.78, 5) is 32.7. The highest BCUT2D eigenvalue weighted by molar-refractivity contribution is 6.05. The smallest absolute Gasteiger partial charge is 0.274 e. The fraction of sp³-hybridized carbons (Fsp3) is 0.391. The minimum absolute atomic E-state index is 0. The van der Waals surface area contributed by atoms with Gasteiger partial charge in [-0.1, -0.05) is 19.1 Å². The second-order valence-electron chi connectivity index (χ2n) is 7.88. The molecular weight excluding hydrogens is 364 g/mol. The Kier molecular flexibility index (Phi) is 5.18. The number of piperidine rings is 1. The first kappa shape index (κ1) is 19.3. The van der Waals surface area contributed by atoms with Gasteiger partial charge in [-0.2, -0.15) is 0 Å². The van der Waals surface area contributed by atoms with E-state index in [1.54, 1.807) is 25.5 Å². The van der Waals surface area contributed by atoms with Crippen molar-refractivity contribution in [2.45, 2.75) is 32.2 Å². The Morgan fingerprint density at radius 1 is 1.21 bits per heavy atom. The number of carbonyl (C=O) groups excluding carboxylic acids is 1. The minimum atomic E-state index is -0.119. The quantitative estimate of drug-likeness (QED) is 0.738. The Hall–Kier alpha value is -3.02. The second kappa shape index (κ2) is 7.78. The first-order valence-electron chi connectivity index (χ1n) is 10.3. The van der Waals surface area contributed by atoms with E-state index in [2.05, 4.69) is 41.1 Å². The van der Waals surface area contributed by atoms with Gasteiger partial charge in [0.1, 0.15) is 5.52 Å². The second-order valence-corrected chi connectivity index (χ2v) is 7.88. The van der Waals surface area contributed by atoms with Gasteiger partial charge in [-0.3, -0.25) is 9.59 Å². The number of nitrogens with zero attached hydrogens (tertiary/aromatic N) is 3. The van der Waals surface area contributed by atoms with Crippen LogP contribution in [0.4, 0.5) is 5.69 Å². The normalized spacial score (nSPS) is 15.1. The van der Waals surface area contributed by atoms with E-state index in [1.165, 1.54) is 15.8 Å². The molecule has 0 saturated carbocycles. The number of hydrogen-bond donors (Lipinski definition) is 1. The van der Waals surface area contributed by atoms with Crippen LogP contribution in [0.5, 0.6) is 0 Å². The van der Waals surface area contributed by atoms with Gasteiger partial charge in [0.25, 0.3) is 11.5 Å². The first-order valence-corrected chi connectivity index (χ1v) is 10.3. The molecule has 154 valence electrons. The number of anilines is 1. The van der Waals surface area contributed by atoms with Gasteiger partial charge in [0.15, 0.2) is 0 Å². The van der Waals surface area contributed by atoms with E-state index in [0.717, 1.165) is 32.4 Å². The molecule has 0 atom stereocenters. The van der Waals surface area contributed by atoms with Crippen molar-refractivity contribution in [2.24, 2.45) is 7.05 Å². The van der Waals surface area contributed by atoms with Crippen LogP contribution in [0, 0.1) is 0 Å². The van der Waals surface area contributed by atoms with Crippen LogP contribution in [0.3, 0.4) is 0 Å². The fourth-order valence-corrected chi connectivity index (χ4v) is 4.25. The molecule has 0 aliphatic carbocycles. The van der Waals surface area contributed by atoms with Gasteiger partial charge in [-0.15, -0.1) is 0 Å². The number of aromatic nitrogens is 2. The van der Waals surface area contributed by atoms with Gasteiger partial charge in [0.2, 0.25) is 0 Å². The van der Waals surface area contributed by atoms with E-state index in [4.69, 9.17) is 0 Å². The van der Waals surface area contributed by atoms with Crippen molar-refractivity contribution >= 4 is 22.5 Å². The third-order valence-electron chi connectivity index (χ3n) is 6.17. The highest BCUT2D eigenvalue weighted by Crippen LogP contribution is 2.24. The molecule has 6 heteroatoms. The van der Waals surface area contributed by atoms with Crippen LogP contribution in [0.25, 0.3) is 10.9 Å². The zero-order chi connectivity index (χ0) is 20.5. The maximum Gasteiger partial charge on any atom is 0.274 e. The number of H-pyrrole nitrogens is 1. The molecule has 1 amide bonds. The van der Waals surface area contributed by atoms with Gasteiger partial charge in [-0.25, -0.2) is 0 Å². The summed E-state index contributed by atoms with van der Waals surface area (Å²) in [6, 6.07) is 10.8. The number of amides is 1. The molecule has 4 rings (SSSR count). The summed E-state index contributed by atoms with van der Waals surface area (Å²) in [7, 11) is 3.56. The van der Waals surface area contributed by atoms with E-state index < -0.39 is 0 Å². The maximum atomic E-state index is 13.2. The van der Waals surface area contributed by atoms with Gasteiger partial charge in [-0.05, 0) is 43.0 Å². The molecule has 0 bridgehead atoms. The lowest BCUT2D eigenvalue weighted by Crippen LogP contribution is -2.45. The molecular formula is C23H30N4O2. The van der Waals surface area contributed by atoms with Crippen molar-refractivity contribution in [3.8, 4) is 0 Å². The van der Waals surface area contributed by atoms with Crippen LogP contribution in [-0.4, -0.2) is 46.5 Å². The third-order valence-corrected chi connectivity index (χ3v) is 6.17. The molecule has 1 saturated heterocycles. The molecule has 3 heterocycles. The van der Waals surface area contributed by atoms with Crippen molar-refractivity contribution < 1.29 is 6.22 Å². The van der Waals surface area contributed by atoms with Crippen molar-refractivity contribution in [2.75, 3.05) is 25.0 Å². The third kappa shape index (κ3) is 3.55. The molecule has 0 radical (unpaired) electrons. The molecule has 1 fully saturated rings. The molecule has 0 spiro atoms. The van der Waals surface area contributed by atoms with Crippen LogP contribution in [0.15, 0.2) is 47.5 Å². The van der Waals surface area contributed by atoms with Crippen molar-refractivity contribution in [1.29, 1.82) is 0 Å². The number of rotatable bonds is 4. The number of fused-ring (bicyclic) bond motifs is 1. The molecule has 1 aromatic carbocycles. The molecule has 1 aliphatic heterocycles. The van der Waals surface area contributed by atoms with Gasteiger partial charge in [0.05, 0.1) is 5.56 Å². The number of aryl methyl sites for hydroxylation is 2. The predicted octanol–water partition coefficient (Wildman–Crippen LogP) is 3.42. The zero-order valence-electron chi connectivity index (χ0n) is 17.3. The summed E-state index contributed by atoms with van der Waals surface area (Å²) >= 11 is 0. The first-order chi connectivity index (χ1) is 14.0. The van der Waals surface area contributed by atoms with Gasteiger partial charge >= 0.3 is 0 Å². The summed E-state index contributed by atoms with van der Waals surface area (Å²) in [5.41, 5.74) is 3.54. The lowest BCUT2D eigenvalue weighted by Gasteiger charge is -2.38. The van der Waals surface area contributed by atoms with Crippen LogP contribution in [-0.2, 0) is 13.5 Å². The zero-order valence-corrected chi connectivity index (χ0v) is 17.3. The maximum absolute atomic E-state index is 13.2. The summed E-state index contributed by atoms with van der Waals surface area (Å²) < 4.78 is 1.47. The Balaban J connectivity index is 0.00000256. The average molecular weight is 395 g/mol. The lowest BCUT2D eigenvalue weighted by molar-refractivity contribution is 0.0710. The number of hydrogen-bond acceptors (Lipinski definition) is 3. The van der Waals surface area contributed by atoms with E-state index in [1.807, 2.05) is 11.9 Å². The van der Waals surface area contributed by atoms with Crippen LogP contribution in [0.1, 0.15) is 37.1 Å². The monoisotopic (exact) mass is 394 g/mol. The molecule has 2 aromatic heterocycles. The number of pyridine rings is 1. The van der Waals surface area contributed by atoms with E-state index in [9.17, 15) is 9.59 Å². The van der Waals surface area contributed by atoms with E-state index in [0.29, 0.717) is 16.5 Å². The molecule has 6 nitrogen and oxygen atoms in total. The highest BCUT2D eigenvalue weighted by atomic mass is 16.2. The number of benzene rings is 1. The predicted molar refractivity (Wildman–Crippen MR) is 119 cm³/mol. The largest absolute Gasteiger partial charge is 0.371 e. The number of aromatic amines is 1. The Morgan fingerprint density at radius 3 is 2.55 bits per heavy atom. The van der Waals surface area contributed by atoms with E-state index in [-0.39, 0.29) is 18.9 Å². The number of carbonyl (C=O) groups is 1. The number of nitrogens with one attached hydrogen (secondary N) is 1.